The Bertz CT molecular complexity index is 590. The number of alkyl halides is 3. The molecule has 0 aliphatic heterocycles. The molecule has 0 bridgehead atoms. The van der Waals surface area contributed by atoms with Crippen molar-refractivity contribution in [3.8, 4) is 0 Å². The highest BCUT2D eigenvalue weighted by Crippen LogP contribution is 2.40. The maximum absolute atomic E-state index is 13.2. The second-order valence-electron chi connectivity index (χ2n) is 5.24. The summed E-state index contributed by atoms with van der Waals surface area (Å²) in [6, 6.07) is 3.63. The van der Waals surface area contributed by atoms with Crippen molar-refractivity contribution < 1.29 is 32.6 Å². The van der Waals surface area contributed by atoms with Gasteiger partial charge >= 0.3 is 18.2 Å². The Hall–Kier alpha value is -2.29. The van der Waals surface area contributed by atoms with Crippen molar-refractivity contribution in [1.29, 1.82) is 0 Å². The molecule has 0 aliphatic rings. The number of carbonyl (C=O) groups excluding carboxylic acids is 2. The third-order valence-corrected chi connectivity index (χ3v) is 3.36. The molecule has 0 saturated heterocycles. The standard InChI is InChI=1S/C16H21F3N2O4/c1-3-5-10-20-14(23)21-12-8-6-11(7-9-12)15(24,16(17,18)19)13(22)25-4-2/h6-9,24H,3-5,10H2,1-2H3,(H2,20,21,23)/t15-/m0/s1. The van der Waals surface area contributed by atoms with Crippen LogP contribution in [0.5, 0.6) is 0 Å². The van der Waals surface area contributed by atoms with E-state index < -0.39 is 29.3 Å². The third-order valence-electron chi connectivity index (χ3n) is 3.36. The number of esters is 1. The van der Waals surface area contributed by atoms with E-state index >= 15 is 0 Å². The SMILES string of the molecule is CCCCNC(=O)Nc1ccc([C@](O)(C(=O)OCC)C(F)(F)F)cc1. The van der Waals surface area contributed by atoms with E-state index in [9.17, 15) is 27.9 Å². The topological polar surface area (TPSA) is 87.7 Å². The third kappa shape index (κ3) is 5.09. The summed E-state index contributed by atoms with van der Waals surface area (Å²) in [5, 5.41) is 15.0. The fourth-order valence-corrected chi connectivity index (χ4v) is 1.98. The largest absolute Gasteiger partial charge is 0.463 e. The van der Waals surface area contributed by atoms with Crippen LogP contribution in [0.1, 0.15) is 32.3 Å². The minimum atomic E-state index is -5.26. The van der Waals surface area contributed by atoms with Crippen molar-refractivity contribution >= 4 is 17.7 Å². The van der Waals surface area contributed by atoms with E-state index in [0.29, 0.717) is 6.54 Å². The smallest absolute Gasteiger partial charge is 0.432 e. The number of benzene rings is 1. The summed E-state index contributed by atoms with van der Waals surface area (Å²) >= 11 is 0. The lowest BCUT2D eigenvalue weighted by molar-refractivity contribution is -0.267. The number of aliphatic hydroxyl groups is 1. The van der Waals surface area contributed by atoms with Gasteiger partial charge in [-0.25, -0.2) is 9.59 Å². The van der Waals surface area contributed by atoms with Gasteiger partial charge in [-0.05, 0) is 25.5 Å². The summed E-state index contributed by atoms with van der Waals surface area (Å²) < 4.78 is 44.0. The van der Waals surface area contributed by atoms with Crippen LogP contribution in [0.3, 0.4) is 0 Å². The van der Waals surface area contributed by atoms with Crippen LogP contribution in [0, 0.1) is 0 Å². The zero-order valence-electron chi connectivity index (χ0n) is 13.9. The van der Waals surface area contributed by atoms with Crippen molar-refractivity contribution in [2.24, 2.45) is 0 Å². The van der Waals surface area contributed by atoms with Gasteiger partial charge in [0.2, 0.25) is 0 Å². The second-order valence-corrected chi connectivity index (χ2v) is 5.24. The second kappa shape index (κ2) is 8.70. The van der Waals surface area contributed by atoms with E-state index in [0.717, 1.165) is 37.1 Å². The Kier molecular flexibility index (Phi) is 7.22. The van der Waals surface area contributed by atoms with Crippen LogP contribution in [-0.4, -0.2) is 36.4 Å². The molecule has 1 aromatic rings. The first-order chi connectivity index (χ1) is 11.7. The summed E-state index contributed by atoms with van der Waals surface area (Å²) in [7, 11) is 0. The number of hydrogen-bond donors (Lipinski definition) is 3. The predicted molar refractivity (Wildman–Crippen MR) is 85.0 cm³/mol. The van der Waals surface area contributed by atoms with Gasteiger partial charge in [0.1, 0.15) is 0 Å². The van der Waals surface area contributed by atoms with Gasteiger partial charge in [0.05, 0.1) is 6.61 Å². The van der Waals surface area contributed by atoms with Crippen LogP contribution in [0.4, 0.5) is 23.7 Å². The number of unbranched alkanes of at least 4 members (excludes halogenated alkanes) is 1. The van der Waals surface area contributed by atoms with Gasteiger partial charge in [0, 0.05) is 17.8 Å². The number of ether oxygens (including phenoxy) is 1. The van der Waals surface area contributed by atoms with Gasteiger partial charge in [0.15, 0.2) is 0 Å². The molecule has 0 spiro atoms. The molecule has 0 fully saturated rings. The van der Waals surface area contributed by atoms with Crippen molar-refractivity contribution in [1.82, 2.24) is 5.32 Å². The molecular weight excluding hydrogens is 341 g/mol. The van der Waals surface area contributed by atoms with E-state index in [1.54, 1.807) is 0 Å². The molecule has 9 heteroatoms. The van der Waals surface area contributed by atoms with Crippen molar-refractivity contribution in [2.75, 3.05) is 18.5 Å². The first-order valence-corrected chi connectivity index (χ1v) is 7.78. The van der Waals surface area contributed by atoms with Gasteiger partial charge in [-0.2, -0.15) is 13.2 Å². The Morgan fingerprint density at radius 3 is 2.24 bits per heavy atom. The first kappa shape index (κ1) is 20.8. The van der Waals surface area contributed by atoms with Gasteiger partial charge in [-0.1, -0.05) is 25.5 Å². The normalized spacial score (nSPS) is 13.7. The van der Waals surface area contributed by atoms with Gasteiger partial charge in [-0.15, -0.1) is 0 Å². The van der Waals surface area contributed by atoms with E-state index in [2.05, 4.69) is 15.4 Å². The quantitative estimate of drug-likeness (QED) is 0.514. The Labute approximate surface area is 143 Å². The number of anilines is 1. The summed E-state index contributed by atoms with van der Waals surface area (Å²) in [5.74, 6) is -1.81. The molecule has 3 N–H and O–H groups in total. The Morgan fingerprint density at radius 2 is 1.76 bits per heavy atom. The summed E-state index contributed by atoms with van der Waals surface area (Å²) in [6.07, 6.45) is -3.56. The number of nitrogens with one attached hydrogen (secondary N) is 2. The van der Waals surface area contributed by atoms with Gasteiger partial charge in [0.25, 0.3) is 5.60 Å². The van der Waals surface area contributed by atoms with Crippen LogP contribution in [0.25, 0.3) is 0 Å². The molecule has 0 radical (unpaired) electrons. The van der Waals surface area contributed by atoms with Gasteiger partial charge < -0.3 is 20.5 Å². The maximum Gasteiger partial charge on any atom is 0.432 e. The van der Waals surface area contributed by atoms with Crippen LogP contribution in [0.2, 0.25) is 0 Å². The first-order valence-electron chi connectivity index (χ1n) is 7.78. The maximum atomic E-state index is 13.2. The molecule has 1 rings (SSSR count). The fourth-order valence-electron chi connectivity index (χ4n) is 1.98. The van der Waals surface area contributed by atoms with E-state index in [1.165, 1.54) is 6.92 Å². The van der Waals surface area contributed by atoms with Crippen molar-refractivity contribution in [3.05, 3.63) is 29.8 Å². The zero-order chi connectivity index (χ0) is 19.1. The Morgan fingerprint density at radius 1 is 1.16 bits per heavy atom. The highest BCUT2D eigenvalue weighted by molar-refractivity contribution is 5.89. The molecule has 0 saturated carbocycles. The molecule has 6 nitrogen and oxygen atoms in total. The average Bonchev–Trinajstić information content (AvgIpc) is 2.54. The van der Waals surface area contributed by atoms with E-state index in [1.807, 2.05) is 6.92 Å². The monoisotopic (exact) mass is 362 g/mol. The number of carbonyl (C=O) groups is 2. The predicted octanol–water partition coefficient (Wildman–Crippen LogP) is 2.92. The summed E-state index contributed by atoms with van der Waals surface area (Å²) in [4.78, 5) is 23.2. The van der Waals surface area contributed by atoms with Crippen LogP contribution < -0.4 is 10.6 Å². The molecule has 0 aromatic heterocycles. The fraction of sp³-hybridized carbons (Fsp3) is 0.500. The van der Waals surface area contributed by atoms with E-state index in [4.69, 9.17) is 0 Å². The van der Waals surface area contributed by atoms with Crippen molar-refractivity contribution in [3.63, 3.8) is 0 Å². The average molecular weight is 362 g/mol. The molecule has 2 amide bonds. The van der Waals surface area contributed by atoms with E-state index in [-0.39, 0.29) is 12.3 Å². The summed E-state index contributed by atoms with van der Waals surface area (Å²) in [6.45, 7) is 3.45. The number of amides is 2. The minimum absolute atomic E-state index is 0.214. The molecule has 1 atom stereocenters. The van der Waals surface area contributed by atoms with Crippen LogP contribution in [0.15, 0.2) is 24.3 Å². The number of rotatable bonds is 7. The number of hydrogen-bond acceptors (Lipinski definition) is 4. The van der Waals surface area contributed by atoms with Gasteiger partial charge in [-0.3, -0.25) is 0 Å². The zero-order valence-corrected chi connectivity index (χ0v) is 13.9. The number of urea groups is 1. The molecule has 1 aromatic carbocycles. The lowest BCUT2D eigenvalue weighted by atomic mass is 9.93. The van der Waals surface area contributed by atoms with Crippen LogP contribution >= 0.6 is 0 Å². The molecule has 140 valence electrons. The molecule has 0 heterocycles. The molecule has 25 heavy (non-hydrogen) atoms. The molecule has 0 aliphatic carbocycles. The highest BCUT2D eigenvalue weighted by atomic mass is 19.4. The minimum Gasteiger partial charge on any atom is -0.463 e. The lowest BCUT2D eigenvalue weighted by Crippen LogP contribution is -2.50. The molecular formula is C16H21F3N2O4. The lowest BCUT2D eigenvalue weighted by Gasteiger charge is -2.28. The Balaban J connectivity index is 2.94. The summed E-state index contributed by atoms with van der Waals surface area (Å²) in [5.41, 5.74) is -4.26. The van der Waals surface area contributed by atoms with Crippen LogP contribution in [-0.2, 0) is 15.1 Å². The van der Waals surface area contributed by atoms with Crippen molar-refractivity contribution in [2.45, 2.75) is 38.5 Å². The highest BCUT2D eigenvalue weighted by Gasteiger charge is 2.62. The number of halogens is 3. The molecule has 0 unspecified atom stereocenters.